The van der Waals surface area contributed by atoms with E-state index in [1.165, 1.54) is 0 Å². The van der Waals surface area contributed by atoms with Gasteiger partial charge in [0.05, 0.1) is 6.61 Å². The Labute approximate surface area is 116 Å². The summed E-state index contributed by atoms with van der Waals surface area (Å²) in [5, 5.41) is 0. The topological polar surface area (TPSA) is 34.5 Å². The van der Waals surface area contributed by atoms with Gasteiger partial charge in [-0.3, -0.25) is 4.79 Å². The molecule has 5 heteroatoms. The summed E-state index contributed by atoms with van der Waals surface area (Å²) in [6.07, 6.45) is 4.14. The van der Waals surface area contributed by atoms with Gasteiger partial charge in [-0.25, -0.2) is 0 Å². The van der Waals surface area contributed by atoms with Crippen LogP contribution in [0.4, 0.5) is 0 Å². The zero-order valence-corrected chi connectivity index (χ0v) is 12.4. The van der Waals surface area contributed by atoms with E-state index in [1.54, 1.807) is 4.90 Å². The van der Waals surface area contributed by atoms with Crippen LogP contribution in [0.25, 0.3) is 0 Å². The van der Waals surface area contributed by atoms with E-state index in [1.807, 2.05) is 30.9 Å². The number of ether oxygens (including phenoxy) is 1. The van der Waals surface area contributed by atoms with Crippen molar-refractivity contribution in [3.8, 4) is 0 Å². The van der Waals surface area contributed by atoms with Gasteiger partial charge in [-0.15, -0.1) is 0 Å². The summed E-state index contributed by atoms with van der Waals surface area (Å²) in [5.74, 6) is 0.533. The molecule has 0 bridgehead atoms. The lowest BCUT2D eigenvalue weighted by molar-refractivity contribution is 0.0386. The van der Waals surface area contributed by atoms with E-state index < -0.39 is 0 Å². The van der Waals surface area contributed by atoms with E-state index in [4.69, 9.17) is 4.74 Å². The summed E-state index contributed by atoms with van der Waals surface area (Å²) < 4.78 is 8.23. The Morgan fingerprint density at radius 1 is 1.67 bits per heavy atom. The molecular formula is C13H19BrN2O2. The molecule has 1 saturated heterocycles. The maximum Gasteiger partial charge on any atom is 0.270 e. The number of nitrogens with zero attached hydrogens (tertiary/aromatic N) is 2. The number of rotatable bonds is 3. The maximum absolute atomic E-state index is 12.3. The first-order valence-electron chi connectivity index (χ1n) is 6.23. The molecule has 1 aliphatic heterocycles. The summed E-state index contributed by atoms with van der Waals surface area (Å²) in [4.78, 5) is 14.1. The molecule has 1 amide bonds. The van der Waals surface area contributed by atoms with Gasteiger partial charge in [0.2, 0.25) is 0 Å². The Bertz CT molecular complexity index is 425. The number of carbonyl (C=O) groups excluding carboxylic acids is 1. The average molecular weight is 315 g/mol. The molecule has 1 aliphatic rings. The molecule has 1 fully saturated rings. The molecule has 1 aromatic heterocycles. The fourth-order valence-electron chi connectivity index (χ4n) is 2.35. The first-order valence-corrected chi connectivity index (χ1v) is 7.02. The molecule has 4 nitrogen and oxygen atoms in total. The molecule has 0 aromatic carbocycles. The van der Waals surface area contributed by atoms with Crippen molar-refractivity contribution in [2.75, 3.05) is 26.8 Å². The Hall–Kier alpha value is -0.810. The molecule has 100 valence electrons. The summed E-state index contributed by atoms with van der Waals surface area (Å²) >= 11 is 3.39. The highest BCUT2D eigenvalue weighted by atomic mass is 79.9. The third kappa shape index (κ3) is 3.14. The van der Waals surface area contributed by atoms with E-state index in [0.717, 1.165) is 37.1 Å². The maximum atomic E-state index is 12.3. The summed E-state index contributed by atoms with van der Waals surface area (Å²) in [6.45, 7) is 2.40. The van der Waals surface area contributed by atoms with Gasteiger partial charge in [-0.1, -0.05) is 0 Å². The number of amides is 1. The Morgan fingerprint density at radius 3 is 3.00 bits per heavy atom. The molecule has 0 N–H and O–H groups in total. The van der Waals surface area contributed by atoms with Gasteiger partial charge >= 0.3 is 0 Å². The second-order valence-corrected chi connectivity index (χ2v) is 5.84. The Morgan fingerprint density at radius 2 is 2.44 bits per heavy atom. The lowest BCUT2D eigenvalue weighted by Gasteiger charge is -2.27. The van der Waals surface area contributed by atoms with Crippen molar-refractivity contribution in [3.63, 3.8) is 0 Å². The van der Waals surface area contributed by atoms with Crippen molar-refractivity contribution in [1.82, 2.24) is 9.47 Å². The van der Waals surface area contributed by atoms with E-state index in [9.17, 15) is 4.79 Å². The molecule has 1 unspecified atom stereocenters. The predicted octanol–water partition coefficient (Wildman–Crippen LogP) is 2.29. The SMILES string of the molecule is CN(CC1CCCOC1)C(=O)c1cc(Br)cn1C. The predicted molar refractivity (Wildman–Crippen MR) is 73.6 cm³/mol. The lowest BCUT2D eigenvalue weighted by atomic mass is 10.0. The normalized spacial score (nSPS) is 19.8. The minimum atomic E-state index is 0.0637. The Balaban J connectivity index is 1.97. The van der Waals surface area contributed by atoms with Gasteiger partial charge < -0.3 is 14.2 Å². The van der Waals surface area contributed by atoms with Crippen LogP contribution in [0.1, 0.15) is 23.3 Å². The van der Waals surface area contributed by atoms with Crippen molar-refractivity contribution in [1.29, 1.82) is 0 Å². The van der Waals surface area contributed by atoms with Crippen LogP contribution in [0.5, 0.6) is 0 Å². The molecule has 0 aliphatic carbocycles. The van der Waals surface area contributed by atoms with Gasteiger partial charge in [0.15, 0.2) is 0 Å². The second-order valence-electron chi connectivity index (χ2n) is 4.92. The fourth-order valence-corrected chi connectivity index (χ4v) is 2.88. The Kier molecular flexibility index (Phi) is 4.45. The van der Waals surface area contributed by atoms with Crippen LogP contribution in [0.3, 0.4) is 0 Å². The zero-order chi connectivity index (χ0) is 13.1. The highest BCUT2D eigenvalue weighted by molar-refractivity contribution is 9.10. The highest BCUT2D eigenvalue weighted by Gasteiger charge is 2.21. The third-order valence-electron chi connectivity index (χ3n) is 3.32. The molecular weight excluding hydrogens is 296 g/mol. The van der Waals surface area contributed by atoms with Crippen LogP contribution < -0.4 is 0 Å². The zero-order valence-electron chi connectivity index (χ0n) is 10.9. The number of hydrogen-bond acceptors (Lipinski definition) is 2. The molecule has 2 heterocycles. The minimum Gasteiger partial charge on any atom is -0.381 e. The second kappa shape index (κ2) is 5.89. The van der Waals surface area contributed by atoms with E-state index in [2.05, 4.69) is 15.9 Å². The number of aryl methyl sites for hydroxylation is 1. The average Bonchev–Trinajstić information content (AvgIpc) is 2.68. The molecule has 0 spiro atoms. The molecule has 2 rings (SSSR count). The number of aromatic nitrogens is 1. The van der Waals surface area contributed by atoms with E-state index in [0.29, 0.717) is 11.6 Å². The van der Waals surface area contributed by atoms with Crippen molar-refractivity contribution < 1.29 is 9.53 Å². The standard InChI is InChI=1S/C13H19BrN2O2/c1-15-8-11(14)6-12(15)13(17)16(2)7-10-4-3-5-18-9-10/h6,8,10H,3-5,7,9H2,1-2H3. The van der Waals surface area contributed by atoms with Crippen LogP contribution in [0.15, 0.2) is 16.7 Å². The van der Waals surface area contributed by atoms with Gasteiger partial charge in [-0.2, -0.15) is 0 Å². The quantitative estimate of drug-likeness (QED) is 0.858. The monoisotopic (exact) mass is 314 g/mol. The number of carbonyl (C=O) groups is 1. The van der Waals surface area contributed by atoms with Crippen molar-refractivity contribution >= 4 is 21.8 Å². The molecule has 0 radical (unpaired) electrons. The first-order chi connectivity index (χ1) is 8.58. The van der Waals surface area contributed by atoms with Gasteiger partial charge in [-0.05, 0) is 40.8 Å². The first kappa shape index (κ1) is 13.6. The number of halogens is 1. The number of hydrogen-bond donors (Lipinski definition) is 0. The largest absolute Gasteiger partial charge is 0.381 e. The van der Waals surface area contributed by atoms with Crippen LogP contribution >= 0.6 is 15.9 Å². The molecule has 1 aromatic rings. The van der Waals surface area contributed by atoms with Crippen molar-refractivity contribution in [3.05, 3.63) is 22.4 Å². The summed E-state index contributed by atoms with van der Waals surface area (Å²) in [6, 6.07) is 1.86. The molecule has 18 heavy (non-hydrogen) atoms. The van der Waals surface area contributed by atoms with E-state index >= 15 is 0 Å². The summed E-state index contributed by atoms with van der Waals surface area (Å²) in [5.41, 5.74) is 0.709. The fraction of sp³-hybridized carbons (Fsp3) is 0.615. The smallest absolute Gasteiger partial charge is 0.270 e. The van der Waals surface area contributed by atoms with Crippen molar-refractivity contribution in [2.24, 2.45) is 13.0 Å². The minimum absolute atomic E-state index is 0.0637. The lowest BCUT2D eigenvalue weighted by Crippen LogP contribution is -2.35. The van der Waals surface area contributed by atoms with E-state index in [-0.39, 0.29) is 5.91 Å². The molecule has 1 atom stereocenters. The van der Waals surface area contributed by atoms with Gasteiger partial charge in [0, 0.05) is 37.9 Å². The van der Waals surface area contributed by atoms with Crippen LogP contribution in [0.2, 0.25) is 0 Å². The summed E-state index contributed by atoms with van der Waals surface area (Å²) in [7, 11) is 3.74. The highest BCUT2D eigenvalue weighted by Crippen LogP contribution is 2.18. The third-order valence-corrected chi connectivity index (χ3v) is 3.76. The van der Waals surface area contributed by atoms with Crippen LogP contribution in [-0.4, -0.2) is 42.2 Å². The molecule has 0 saturated carbocycles. The van der Waals surface area contributed by atoms with Gasteiger partial charge in [0.25, 0.3) is 5.91 Å². The van der Waals surface area contributed by atoms with Crippen molar-refractivity contribution in [2.45, 2.75) is 12.8 Å². The van der Waals surface area contributed by atoms with Crippen LogP contribution in [-0.2, 0) is 11.8 Å². The van der Waals surface area contributed by atoms with Gasteiger partial charge in [0.1, 0.15) is 5.69 Å². The van der Waals surface area contributed by atoms with Crippen LogP contribution in [0, 0.1) is 5.92 Å².